The molecule has 3 rings (SSSR count). The summed E-state index contributed by atoms with van der Waals surface area (Å²) in [6.07, 6.45) is 7.20. The van der Waals surface area contributed by atoms with Crippen LogP contribution in [0.2, 0.25) is 0 Å². The summed E-state index contributed by atoms with van der Waals surface area (Å²) in [5.74, 6) is 9.42. The average molecular weight is 375 g/mol. The topological polar surface area (TPSA) is 119 Å². The highest BCUT2D eigenvalue weighted by atomic mass is 16.4. The zero-order chi connectivity index (χ0) is 19.9. The number of carbonyl (C=O) groups is 1. The van der Waals surface area contributed by atoms with Crippen molar-refractivity contribution in [2.45, 2.75) is 13.0 Å². The van der Waals surface area contributed by atoms with E-state index in [4.69, 9.17) is 11.7 Å². The van der Waals surface area contributed by atoms with Crippen molar-refractivity contribution in [3.63, 3.8) is 0 Å². The molecule has 0 saturated carbocycles. The Balaban J connectivity index is 1.83. The third-order valence-electron chi connectivity index (χ3n) is 4.33. The molecule has 0 amide bonds. The largest absolute Gasteiger partial charge is 0.478 e. The second-order valence-electron chi connectivity index (χ2n) is 6.39. The first-order valence-corrected chi connectivity index (χ1v) is 8.65. The Bertz CT molecular complexity index is 1020. The minimum Gasteiger partial charge on any atom is -0.478 e. The van der Waals surface area contributed by atoms with Crippen LogP contribution in [0.3, 0.4) is 0 Å². The number of rotatable bonds is 7. The van der Waals surface area contributed by atoms with Gasteiger partial charge in [-0.15, -0.1) is 0 Å². The number of hydrogen-bond donors (Lipinski definition) is 3. The highest BCUT2D eigenvalue weighted by Gasteiger charge is 2.14. The second-order valence-corrected chi connectivity index (χ2v) is 6.39. The average Bonchev–Trinajstić information content (AvgIpc) is 3.07. The Morgan fingerprint density at radius 3 is 2.36 bits per heavy atom. The number of carboxylic acid groups (broad SMARTS) is 1. The third kappa shape index (κ3) is 4.64. The fraction of sp³-hybridized carbons (Fsp3) is 0.0952. The van der Waals surface area contributed by atoms with E-state index in [-0.39, 0.29) is 0 Å². The Labute approximate surface area is 162 Å². The molecule has 2 aromatic carbocycles. The van der Waals surface area contributed by atoms with Crippen molar-refractivity contribution in [2.75, 3.05) is 0 Å². The maximum Gasteiger partial charge on any atom is 0.337 e. The first-order chi connectivity index (χ1) is 13.6. The van der Waals surface area contributed by atoms with Gasteiger partial charge in [-0.2, -0.15) is 10.2 Å². The van der Waals surface area contributed by atoms with Crippen molar-refractivity contribution in [2.24, 2.45) is 21.9 Å². The fourth-order valence-corrected chi connectivity index (χ4v) is 3.08. The number of aromatic nitrogens is 1. The van der Waals surface area contributed by atoms with E-state index in [0.717, 1.165) is 27.8 Å². The van der Waals surface area contributed by atoms with E-state index in [9.17, 15) is 9.90 Å². The molecule has 0 spiro atoms. The molecule has 5 N–H and O–H groups in total. The van der Waals surface area contributed by atoms with Gasteiger partial charge in [-0.05, 0) is 40.3 Å². The van der Waals surface area contributed by atoms with Crippen LogP contribution in [0.15, 0.2) is 71.1 Å². The van der Waals surface area contributed by atoms with Crippen molar-refractivity contribution in [3.8, 4) is 0 Å². The number of aromatic carboxylic acids is 1. The number of nitrogens with two attached hydrogens (primary N) is 2. The van der Waals surface area contributed by atoms with Crippen LogP contribution >= 0.6 is 0 Å². The van der Waals surface area contributed by atoms with Crippen LogP contribution < -0.4 is 11.7 Å². The van der Waals surface area contributed by atoms with Gasteiger partial charge in [0.25, 0.3) is 0 Å². The normalized spacial score (nSPS) is 11.4. The molecule has 0 unspecified atom stereocenters. The lowest BCUT2D eigenvalue weighted by atomic mass is 10.0. The van der Waals surface area contributed by atoms with Crippen LogP contribution in [0.1, 0.15) is 38.2 Å². The molecular formula is C21H21N5O2. The summed E-state index contributed by atoms with van der Waals surface area (Å²) < 4.78 is 1.88. The van der Waals surface area contributed by atoms with Gasteiger partial charge in [0, 0.05) is 18.9 Å². The molecule has 28 heavy (non-hydrogen) atoms. The van der Waals surface area contributed by atoms with Gasteiger partial charge in [0.15, 0.2) is 0 Å². The SMILES string of the molecule is N/N=C\c1ccc(Cc2cn(Cc3cccc(/C=N\N)c3)cc2C(=O)O)cc1. The fourth-order valence-electron chi connectivity index (χ4n) is 3.08. The van der Waals surface area contributed by atoms with E-state index in [1.165, 1.54) is 0 Å². The lowest BCUT2D eigenvalue weighted by Gasteiger charge is -2.04. The molecule has 0 aliphatic rings. The van der Waals surface area contributed by atoms with Crippen LogP contribution in [0, 0.1) is 0 Å². The standard InChI is InChI=1S/C21H21N5O2/c22-24-10-16-6-4-15(5-7-16)9-19-13-26(14-20(19)21(27)28)12-18-3-1-2-17(8-18)11-25-23/h1-8,10-11,13-14H,9,12,22-23H2,(H,27,28)/b24-10-,25-11-. The molecule has 1 heterocycles. The summed E-state index contributed by atoms with van der Waals surface area (Å²) in [5, 5.41) is 16.6. The summed E-state index contributed by atoms with van der Waals surface area (Å²) in [7, 11) is 0. The van der Waals surface area contributed by atoms with E-state index in [2.05, 4.69) is 10.2 Å². The molecule has 0 radical (unpaired) electrons. The van der Waals surface area contributed by atoms with Gasteiger partial charge >= 0.3 is 5.97 Å². The van der Waals surface area contributed by atoms with E-state index >= 15 is 0 Å². The van der Waals surface area contributed by atoms with Crippen molar-refractivity contribution < 1.29 is 9.90 Å². The lowest BCUT2D eigenvalue weighted by molar-refractivity contribution is 0.0696. The van der Waals surface area contributed by atoms with Crippen molar-refractivity contribution in [3.05, 3.63) is 94.3 Å². The quantitative estimate of drug-likeness (QED) is 0.334. The van der Waals surface area contributed by atoms with Gasteiger partial charge < -0.3 is 21.4 Å². The molecule has 0 aliphatic heterocycles. The first kappa shape index (κ1) is 18.9. The zero-order valence-electron chi connectivity index (χ0n) is 15.2. The molecule has 7 heteroatoms. The predicted molar refractivity (Wildman–Crippen MR) is 110 cm³/mol. The number of hydrogen-bond acceptors (Lipinski definition) is 5. The summed E-state index contributed by atoms with van der Waals surface area (Å²) in [5.41, 5.74) is 4.88. The van der Waals surface area contributed by atoms with Gasteiger partial charge in [-0.1, -0.05) is 42.5 Å². The molecule has 3 aromatic rings. The zero-order valence-corrected chi connectivity index (χ0v) is 15.2. The van der Waals surface area contributed by atoms with Crippen LogP contribution in [-0.2, 0) is 13.0 Å². The Kier molecular flexibility index (Phi) is 5.86. The van der Waals surface area contributed by atoms with Gasteiger partial charge in [0.2, 0.25) is 0 Å². The van der Waals surface area contributed by atoms with Crippen molar-refractivity contribution in [1.82, 2.24) is 4.57 Å². The third-order valence-corrected chi connectivity index (χ3v) is 4.33. The molecule has 142 valence electrons. The Hall–Kier alpha value is -3.87. The molecule has 0 aliphatic carbocycles. The summed E-state index contributed by atoms with van der Waals surface area (Å²) in [6, 6.07) is 15.4. The van der Waals surface area contributed by atoms with Crippen LogP contribution in [-0.4, -0.2) is 28.1 Å². The minimum atomic E-state index is -0.940. The summed E-state index contributed by atoms with van der Waals surface area (Å²) >= 11 is 0. The maximum atomic E-state index is 11.7. The van der Waals surface area contributed by atoms with E-state index in [1.54, 1.807) is 18.6 Å². The summed E-state index contributed by atoms with van der Waals surface area (Å²) in [4.78, 5) is 11.7. The molecule has 0 atom stereocenters. The smallest absolute Gasteiger partial charge is 0.337 e. The van der Waals surface area contributed by atoms with Gasteiger partial charge in [-0.3, -0.25) is 0 Å². The van der Waals surface area contributed by atoms with Crippen LogP contribution in [0.5, 0.6) is 0 Å². The van der Waals surface area contributed by atoms with E-state index in [1.807, 2.05) is 59.3 Å². The van der Waals surface area contributed by atoms with Crippen LogP contribution in [0.25, 0.3) is 0 Å². The van der Waals surface area contributed by atoms with Crippen molar-refractivity contribution in [1.29, 1.82) is 0 Å². The first-order valence-electron chi connectivity index (χ1n) is 8.65. The molecule has 0 saturated heterocycles. The van der Waals surface area contributed by atoms with Crippen molar-refractivity contribution >= 4 is 18.4 Å². The molecular weight excluding hydrogens is 354 g/mol. The van der Waals surface area contributed by atoms with Gasteiger partial charge in [0.1, 0.15) is 0 Å². The highest BCUT2D eigenvalue weighted by Crippen LogP contribution is 2.18. The maximum absolute atomic E-state index is 11.7. The van der Waals surface area contributed by atoms with Gasteiger partial charge in [-0.25, -0.2) is 4.79 Å². The highest BCUT2D eigenvalue weighted by molar-refractivity contribution is 5.89. The Morgan fingerprint density at radius 1 is 0.964 bits per heavy atom. The summed E-state index contributed by atoms with van der Waals surface area (Å²) in [6.45, 7) is 0.554. The van der Waals surface area contributed by atoms with Crippen LogP contribution in [0.4, 0.5) is 0 Å². The lowest BCUT2D eigenvalue weighted by Crippen LogP contribution is -2.00. The second kappa shape index (κ2) is 8.68. The molecule has 7 nitrogen and oxygen atoms in total. The van der Waals surface area contributed by atoms with Gasteiger partial charge in [0.05, 0.1) is 18.0 Å². The minimum absolute atomic E-state index is 0.298. The molecule has 0 bridgehead atoms. The Morgan fingerprint density at radius 2 is 1.68 bits per heavy atom. The molecule has 0 fully saturated rings. The predicted octanol–water partition coefficient (Wildman–Crippen LogP) is 2.41. The van der Waals surface area contributed by atoms with E-state index in [0.29, 0.717) is 18.5 Å². The van der Waals surface area contributed by atoms with E-state index < -0.39 is 5.97 Å². The monoisotopic (exact) mass is 375 g/mol. The number of hydrazone groups is 2. The number of carboxylic acids is 1. The number of benzene rings is 2. The number of nitrogens with zero attached hydrogens (tertiary/aromatic N) is 3. The molecule has 1 aromatic heterocycles.